The first-order valence-electron chi connectivity index (χ1n) is 6.72. The smallest absolute Gasteiger partial charge is 0.150 e. The second kappa shape index (κ2) is 5.67. The van der Waals surface area contributed by atoms with Gasteiger partial charge in [0.15, 0.2) is 9.84 Å². The maximum Gasteiger partial charge on any atom is 0.150 e. The molecule has 2 N–H and O–H groups in total. The van der Waals surface area contributed by atoms with Crippen LogP contribution in [0.15, 0.2) is 0 Å². The lowest BCUT2D eigenvalue weighted by atomic mass is 10.1. The van der Waals surface area contributed by atoms with Crippen molar-refractivity contribution in [3.05, 3.63) is 0 Å². The van der Waals surface area contributed by atoms with E-state index in [0.717, 1.165) is 25.9 Å². The fraction of sp³-hybridized carbons (Fsp3) is 1.00. The Labute approximate surface area is 104 Å². The molecule has 2 aliphatic heterocycles. The molecule has 0 bridgehead atoms. The molecule has 0 aromatic carbocycles. The molecule has 2 fully saturated rings. The summed E-state index contributed by atoms with van der Waals surface area (Å²) in [4.78, 5) is 0. The Morgan fingerprint density at radius 3 is 2.82 bits per heavy atom. The van der Waals surface area contributed by atoms with Gasteiger partial charge in [-0.15, -0.1) is 0 Å². The third kappa shape index (κ3) is 4.23. The molecule has 2 aliphatic rings. The molecule has 5 heteroatoms. The van der Waals surface area contributed by atoms with E-state index in [1.807, 2.05) is 0 Å². The molecule has 17 heavy (non-hydrogen) atoms. The van der Waals surface area contributed by atoms with Crippen LogP contribution in [-0.4, -0.2) is 45.1 Å². The van der Waals surface area contributed by atoms with E-state index in [0.29, 0.717) is 29.5 Å². The van der Waals surface area contributed by atoms with Crippen LogP contribution in [0.2, 0.25) is 0 Å². The molecule has 2 saturated heterocycles. The van der Waals surface area contributed by atoms with Crippen LogP contribution in [0, 0.1) is 5.92 Å². The highest BCUT2D eigenvalue weighted by Crippen LogP contribution is 2.18. The van der Waals surface area contributed by atoms with E-state index in [4.69, 9.17) is 0 Å². The molecule has 0 amide bonds. The van der Waals surface area contributed by atoms with Crippen LogP contribution in [0.25, 0.3) is 0 Å². The Bertz CT molecular complexity index is 336. The second-order valence-electron chi connectivity index (χ2n) is 5.61. The van der Waals surface area contributed by atoms with Gasteiger partial charge in [-0.2, -0.15) is 0 Å². The van der Waals surface area contributed by atoms with Crippen LogP contribution >= 0.6 is 0 Å². The lowest BCUT2D eigenvalue weighted by Gasteiger charge is -2.20. The topological polar surface area (TPSA) is 58.2 Å². The Balaban J connectivity index is 1.64. The van der Waals surface area contributed by atoms with Crippen molar-refractivity contribution in [2.45, 2.75) is 44.7 Å². The molecule has 0 aromatic rings. The van der Waals surface area contributed by atoms with Crippen LogP contribution in [0.1, 0.15) is 32.6 Å². The third-order valence-electron chi connectivity index (χ3n) is 3.88. The summed E-state index contributed by atoms with van der Waals surface area (Å²) in [6.07, 6.45) is 4.56. The molecule has 0 aliphatic carbocycles. The third-order valence-corrected chi connectivity index (χ3v) is 5.72. The van der Waals surface area contributed by atoms with Gasteiger partial charge in [0, 0.05) is 12.1 Å². The lowest BCUT2D eigenvalue weighted by Crippen LogP contribution is -2.36. The van der Waals surface area contributed by atoms with Crippen LogP contribution in [0.3, 0.4) is 0 Å². The van der Waals surface area contributed by atoms with E-state index < -0.39 is 9.84 Å². The van der Waals surface area contributed by atoms with Crippen molar-refractivity contribution in [2.24, 2.45) is 5.92 Å². The van der Waals surface area contributed by atoms with Crippen molar-refractivity contribution in [1.82, 2.24) is 10.6 Å². The molecule has 2 heterocycles. The van der Waals surface area contributed by atoms with E-state index in [-0.39, 0.29) is 0 Å². The van der Waals surface area contributed by atoms with Gasteiger partial charge in [0.05, 0.1) is 11.5 Å². The quantitative estimate of drug-likeness (QED) is 0.757. The number of hydrogen-bond acceptors (Lipinski definition) is 4. The van der Waals surface area contributed by atoms with E-state index in [1.165, 1.54) is 12.8 Å². The second-order valence-corrected chi connectivity index (χ2v) is 7.84. The molecular formula is C12H24N2O2S. The molecule has 3 atom stereocenters. The Morgan fingerprint density at radius 2 is 2.24 bits per heavy atom. The van der Waals surface area contributed by atoms with Crippen molar-refractivity contribution in [1.29, 1.82) is 0 Å². The Kier molecular flexibility index (Phi) is 4.44. The summed E-state index contributed by atoms with van der Waals surface area (Å²) in [7, 11) is -2.72. The minimum absolute atomic E-state index is 0.332. The average molecular weight is 260 g/mol. The van der Waals surface area contributed by atoms with Gasteiger partial charge in [0.1, 0.15) is 0 Å². The van der Waals surface area contributed by atoms with Crippen molar-refractivity contribution in [3.63, 3.8) is 0 Å². The predicted molar refractivity (Wildman–Crippen MR) is 69.9 cm³/mol. The first-order chi connectivity index (χ1) is 8.05. The zero-order chi connectivity index (χ0) is 12.3. The van der Waals surface area contributed by atoms with Crippen LogP contribution in [-0.2, 0) is 9.84 Å². The van der Waals surface area contributed by atoms with E-state index in [1.54, 1.807) is 0 Å². The highest BCUT2D eigenvalue weighted by Gasteiger charge is 2.28. The largest absolute Gasteiger partial charge is 0.314 e. The zero-order valence-electron chi connectivity index (χ0n) is 10.6. The highest BCUT2D eigenvalue weighted by molar-refractivity contribution is 7.91. The van der Waals surface area contributed by atoms with Gasteiger partial charge >= 0.3 is 0 Å². The molecular weight excluding hydrogens is 236 g/mol. The summed E-state index contributed by atoms with van der Waals surface area (Å²) < 4.78 is 22.7. The molecule has 0 radical (unpaired) electrons. The highest BCUT2D eigenvalue weighted by atomic mass is 32.2. The van der Waals surface area contributed by atoms with Crippen molar-refractivity contribution in [2.75, 3.05) is 24.6 Å². The number of hydrogen-bond donors (Lipinski definition) is 2. The maximum atomic E-state index is 11.3. The van der Waals surface area contributed by atoms with E-state index in [9.17, 15) is 8.42 Å². The molecule has 0 spiro atoms. The molecule has 100 valence electrons. The normalized spacial score (nSPS) is 33.9. The summed E-state index contributed by atoms with van der Waals surface area (Å²) in [6, 6.07) is 1.14. The average Bonchev–Trinajstić information content (AvgIpc) is 2.85. The summed E-state index contributed by atoms with van der Waals surface area (Å²) in [6.45, 7) is 4.20. The van der Waals surface area contributed by atoms with Crippen LogP contribution in [0.4, 0.5) is 0 Å². The molecule has 3 unspecified atom stereocenters. The summed E-state index contributed by atoms with van der Waals surface area (Å²) >= 11 is 0. The fourth-order valence-electron chi connectivity index (χ4n) is 2.87. The summed E-state index contributed by atoms with van der Waals surface area (Å²) in [5, 5.41) is 6.98. The molecule has 0 aromatic heterocycles. The van der Waals surface area contributed by atoms with Crippen molar-refractivity contribution < 1.29 is 8.42 Å². The van der Waals surface area contributed by atoms with Gasteiger partial charge in [0.2, 0.25) is 0 Å². The SMILES string of the molecule is CC(CC1CCCN1)NCC1CCS(=O)(=O)C1. The van der Waals surface area contributed by atoms with Gasteiger partial charge in [-0.05, 0) is 51.6 Å². The van der Waals surface area contributed by atoms with Gasteiger partial charge in [0.25, 0.3) is 0 Å². The Hall–Kier alpha value is -0.130. The fourth-order valence-corrected chi connectivity index (χ4v) is 4.73. The molecule has 2 rings (SSSR count). The number of rotatable bonds is 5. The summed E-state index contributed by atoms with van der Waals surface area (Å²) in [5.74, 6) is 1.10. The lowest BCUT2D eigenvalue weighted by molar-refractivity contribution is 0.410. The van der Waals surface area contributed by atoms with Gasteiger partial charge in [-0.1, -0.05) is 0 Å². The van der Waals surface area contributed by atoms with Crippen molar-refractivity contribution in [3.8, 4) is 0 Å². The predicted octanol–water partition coefficient (Wildman–Crippen LogP) is 0.541. The van der Waals surface area contributed by atoms with Crippen LogP contribution < -0.4 is 10.6 Å². The summed E-state index contributed by atoms with van der Waals surface area (Å²) in [5.41, 5.74) is 0. The first kappa shape index (κ1) is 13.3. The standard InChI is InChI=1S/C12H24N2O2S/c1-10(7-12-3-2-5-13-12)14-8-11-4-6-17(15,16)9-11/h10-14H,2-9H2,1H3. The first-order valence-corrected chi connectivity index (χ1v) is 8.54. The zero-order valence-corrected chi connectivity index (χ0v) is 11.4. The van der Waals surface area contributed by atoms with Gasteiger partial charge in [-0.25, -0.2) is 8.42 Å². The number of nitrogens with one attached hydrogen (secondary N) is 2. The van der Waals surface area contributed by atoms with E-state index in [2.05, 4.69) is 17.6 Å². The maximum absolute atomic E-state index is 11.3. The molecule has 4 nitrogen and oxygen atoms in total. The minimum Gasteiger partial charge on any atom is -0.314 e. The Morgan fingerprint density at radius 1 is 1.41 bits per heavy atom. The van der Waals surface area contributed by atoms with Gasteiger partial charge < -0.3 is 10.6 Å². The molecule has 0 saturated carbocycles. The monoisotopic (exact) mass is 260 g/mol. The van der Waals surface area contributed by atoms with Crippen molar-refractivity contribution >= 4 is 9.84 Å². The van der Waals surface area contributed by atoms with E-state index >= 15 is 0 Å². The van der Waals surface area contributed by atoms with Gasteiger partial charge in [-0.3, -0.25) is 0 Å². The minimum atomic E-state index is -2.72. The van der Waals surface area contributed by atoms with Crippen LogP contribution in [0.5, 0.6) is 0 Å². The number of sulfone groups is 1.